The number of hydrogen-bond acceptors (Lipinski definition) is 4. The maximum absolute atomic E-state index is 7.77. The Morgan fingerprint density at radius 1 is 1.24 bits per heavy atom. The Balaban J connectivity index is 1.57. The van der Waals surface area contributed by atoms with Gasteiger partial charge in [-0.3, -0.25) is 5.41 Å². The van der Waals surface area contributed by atoms with Crippen LogP contribution in [-0.2, 0) is 6.42 Å². The third kappa shape index (κ3) is 3.07. The highest BCUT2D eigenvalue weighted by molar-refractivity contribution is 7.12. The Kier molecular flexibility index (Phi) is 4.52. The van der Waals surface area contributed by atoms with Gasteiger partial charge < -0.3 is 16.0 Å². The number of thiophene rings is 1. The topological polar surface area (TPSA) is 65.1 Å². The van der Waals surface area contributed by atoms with Gasteiger partial charge in [-0.25, -0.2) is 0 Å². The van der Waals surface area contributed by atoms with E-state index in [1.54, 1.807) is 11.3 Å². The quantitative estimate of drug-likeness (QED) is 0.581. The van der Waals surface area contributed by atoms with E-state index in [0.29, 0.717) is 12.1 Å². The van der Waals surface area contributed by atoms with E-state index in [-0.39, 0.29) is 5.84 Å². The molecule has 0 amide bonds. The molecule has 4 rings (SSSR count). The van der Waals surface area contributed by atoms with Crippen molar-refractivity contribution in [3.05, 3.63) is 40.1 Å². The molecule has 4 nitrogen and oxygen atoms in total. The van der Waals surface area contributed by atoms with Crippen LogP contribution >= 0.6 is 11.3 Å². The molecule has 0 unspecified atom stereocenters. The first-order valence-electron chi connectivity index (χ1n) is 9.16. The van der Waals surface area contributed by atoms with Gasteiger partial charge in [0.15, 0.2) is 0 Å². The van der Waals surface area contributed by atoms with Gasteiger partial charge in [0, 0.05) is 29.9 Å². The first kappa shape index (κ1) is 16.6. The van der Waals surface area contributed by atoms with E-state index >= 15 is 0 Å². The summed E-state index contributed by atoms with van der Waals surface area (Å²) in [5.74, 6) is 0.161. The van der Waals surface area contributed by atoms with Crippen molar-refractivity contribution in [2.24, 2.45) is 5.73 Å². The second-order valence-corrected chi connectivity index (χ2v) is 8.07. The molecule has 1 saturated carbocycles. The summed E-state index contributed by atoms with van der Waals surface area (Å²) in [5, 5.41) is 13.2. The first-order valence-corrected chi connectivity index (χ1v) is 10.0. The van der Waals surface area contributed by atoms with Crippen molar-refractivity contribution in [1.29, 1.82) is 5.41 Å². The van der Waals surface area contributed by atoms with Crippen molar-refractivity contribution in [3.63, 3.8) is 0 Å². The molecule has 0 atom stereocenters. The molecule has 2 aromatic rings. The fourth-order valence-corrected chi connectivity index (χ4v) is 5.18. The van der Waals surface area contributed by atoms with Crippen LogP contribution in [0.2, 0.25) is 0 Å². The minimum Gasteiger partial charge on any atom is -0.383 e. The number of hydrogen-bond donors (Lipinski definition) is 3. The van der Waals surface area contributed by atoms with Crippen LogP contribution in [0.4, 0.5) is 5.69 Å². The number of fused-ring (bicyclic) bond motifs is 1. The standard InChI is InChI=1S/C20H26N4S/c1-23-15-3-5-16(6-4-15)24-10-8-14-12-13(2-7-18(14)24)17-9-11-25-19(17)20(21)22/h2,7,9,11-12,15-16,23H,3-6,8,10H2,1H3,(H3,21,22). The average Bonchev–Trinajstić information content (AvgIpc) is 3.28. The molecule has 25 heavy (non-hydrogen) atoms. The van der Waals surface area contributed by atoms with Crippen LogP contribution in [0.1, 0.15) is 36.1 Å². The monoisotopic (exact) mass is 354 g/mol. The molecule has 1 fully saturated rings. The van der Waals surface area contributed by atoms with E-state index in [4.69, 9.17) is 11.1 Å². The molecule has 5 heteroatoms. The number of nitrogens with zero attached hydrogens (tertiary/aromatic N) is 1. The predicted octanol–water partition coefficient (Wildman–Crippen LogP) is 3.59. The maximum atomic E-state index is 7.77. The van der Waals surface area contributed by atoms with Crippen LogP contribution in [0, 0.1) is 5.41 Å². The molecule has 132 valence electrons. The highest BCUT2D eigenvalue weighted by atomic mass is 32.1. The van der Waals surface area contributed by atoms with E-state index in [9.17, 15) is 0 Å². The summed E-state index contributed by atoms with van der Waals surface area (Å²) in [6, 6.07) is 10.3. The Bertz CT molecular complexity index is 774. The lowest BCUT2D eigenvalue weighted by Crippen LogP contribution is -2.41. The lowest BCUT2D eigenvalue weighted by atomic mass is 9.90. The minimum absolute atomic E-state index is 0.161. The maximum Gasteiger partial charge on any atom is 0.133 e. The van der Waals surface area contributed by atoms with Gasteiger partial charge in [-0.15, -0.1) is 11.3 Å². The van der Waals surface area contributed by atoms with Crippen LogP contribution in [0.25, 0.3) is 11.1 Å². The van der Waals surface area contributed by atoms with Crippen LogP contribution in [0.5, 0.6) is 0 Å². The van der Waals surface area contributed by atoms with Crippen LogP contribution in [0.15, 0.2) is 29.6 Å². The molecule has 0 bridgehead atoms. The Labute approximate surface area is 153 Å². The number of nitrogens with two attached hydrogens (primary N) is 1. The number of amidine groups is 1. The van der Waals surface area contributed by atoms with Gasteiger partial charge in [-0.2, -0.15) is 0 Å². The third-order valence-electron chi connectivity index (χ3n) is 5.78. The summed E-state index contributed by atoms with van der Waals surface area (Å²) in [7, 11) is 2.08. The highest BCUT2D eigenvalue weighted by Gasteiger charge is 2.29. The summed E-state index contributed by atoms with van der Waals surface area (Å²) in [6.45, 7) is 1.14. The van der Waals surface area contributed by atoms with E-state index in [1.807, 2.05) is 5.38 Å². The molecule has 1 aliphatic heterocycles. The summed E-state index contributed by atoms with van der Waals surface area (Å²) in [6.07, 6.45) is 6.25. The lowest BCUT2D eigenvalue weighted by molar-refractivity contribution is 0.347. The van der Waals surface area contributed by atoms with Gasteiger partial charge >= 0.3 is 0 Å². The molecule has 0 spiro atoms. The largest absolute Gasteiger partial charge is 0.383 e. The lowest BCUT2D eigenvalue weighted by Gasteiger charge is -2.36. The van der Waals surface area contributed by atoms with Gasteiger partial charge in [0.05, 0.1) is 4.88 Å². The van der Waals surface area contributed by atoms with E-state index in [0.717, 1.165) is 23.4 Å². The van der Waals surface area contributed by atoms with Crippen molar-refractivity contribution in [2.45, 2.75) is 44.2 Å². The average molecular weight is 355 g/mol. The van der Waals surface area contributed by atoms with Gasteiger partial charge in [0.25, 0.3) is 0 Å². The number of rotatable bonds is 4. The molecule has 2 aliphatic rings. The molecule has 2 heterocycles. The minimum atomic E-state index is 0.161. The van der Waals surface area contributed by atoms with Crippen molar-refractivity contribution in [1.82, 2.24) is 5.32 Å². The highest BCUT2D eigenvalue weighted by Crippen LogP contribution is 2.38. The summed E-state index contributed by atoms with van der Waals surface area (Å²) in [5.41, 5.74) is 10.9. The van der Waals surface area contributed by atoms with Crippen LogP contribution < -0.4 is 16.0 Å². The van der Waals surface area contributed by atoms with Crippen molar-refractivity contribution < 1.29 is 0 Å². The first-order chi connectivity index (χ1) is 12.2. The van der Waals surface area contributed by atoms with E-state index in [2.05, 4.69) is 41.5 Å². The summed E-state index contributed by atoms with van der Waals surface area (Å²) >= 11 is 1.55. The number of benzene rings is 1. The molecular weight excluding hydrogens is 328 g/mol. The number of anilines is 1. The Hall–Kier alpha value is -1.85. The van der Waals surface area contributed by atoms with Crippen molar-refractivity contribution in [3.8, 4) is 11.1 Å². The van der Waals surface area contributed by atoms with Crippen molar-refractivity contribution >= 4 is 22.9 Å². The van der Waals surface area contributed by atoms with Gasteiger partial charge in [0.1, 0.15) is 5.84 Å². The zero-order valence-corrected chi connectivity index (χ0v) is 15.5. The molecule has 0 saturated heterocycles. The Morgan fingerprint density at radius 2 is 2.04 bits per heavy atom. The molecular formula is C20H26N4S. The van der Waals surface area contributed by atoms with Crippen LogP contribution in [-0.4, -0.2) is 31.5 Å². The fraction of sp³-hybridized carbons (Fsp3) is 0.450. The SMILES string of the molecule is CNC1CCC(N2CCc3cc(-c4ccsc4C(=N)N)ccc32)CC1. The summed E-state index contributed by atoms with van der Waals surface area (Å²) < 4.78 is 0. The molecule has 1 aliphatic carbocycles. The molecule has 4 N–H and O–H groups in total. The van der Waals surface area contributed by atoms with E-state index in [1.165, 1.54) is 42.5 Å². The number of nitrogen functional groups attached to an aromatic ring is 1. The zero-order chi connectivity index (χ0) is 17.4. The number of nitrogens with one attached hydrogen (secondary N) is 2. The molecule has 1 aromatic carbocycles. The second-order valence-electron chi connectivity index (χ2n) is 7.16. The fourth-order valence-electron chi connectivity index (χ4n) is 4.40. The van der Waals surface area contributed by atoms with Crippen LogP contribution in [0.3, 0.4) is 0 Å². The predicted molar refractivity (Wildman–Crippen MR) is 107 cm³/mol. The van der Waals surface area contributed by atoms with Crippen molar-refractivity contribution in [2.75, 3.05) is 18.5 Å². The molecule has 1 aromatic heterocycles. The normalized spacial score (nSPS) is 22.8. The Morgan fingerprint density at radius 3 is 2.76 bits per heavy atom. The van der Waals surface area contributed by atoms with E-state index < -0.39 is 0 Å². The van der Waals surface area contributed by atoms with Gasteiger partial charge in [-0.1, -0.05) is 6.07 Å². The second kappa shape index (κ2) is 6.81. The zero-order valence-electron chi connectivity index (χ0n) is 14.7. The third-order valence-corrected chi connectivity index (χ3v) is 6.73. The van der Waals surface area contributed by atoms with Gasteiger partial charge in [0.2, 0.25) is 0 Å². The van der Waals surface area contributed by atoms with Gasteiger partial charge in [-0.05, 0) is 73.9 Å². The molecule has 0 radical (unpaired) electrons. The smallest absolute Gasteiger partial charge is 0.133 e. The summed E-state index contributed by atoms with van der Waals surface area (Å²) in [4.78, 5) is 3.50.